The van der Waals surface area contributed by atoms with Gasteiger partial charge < -0.3 is 24.2 Å². The van der Waals surface area contributed by atoms with Gasteiger partial charge in [0.2, 0.25) is 0 Å². The van der Waals surface area contributed by atoms with Crippen molar-refractivity contribution in [3.8, 4) is 0 Å². The number of benzene rings is 2. The van der Waals surface area contributed by atoms with Gasteiger partial charge in [0.15, 0.2) is 5.01 Å². The lowest BCUT2D eigenvalue weighted by Crippen LogP contribution is -2.50. The highest BCUT2D eigenvalue weighted by molar-refractivity contribution is 7.20. The van der Waals surface area contributed by atoms with Crippen molar-refractivity contribution in [2.75, 3.05) is 39.3 Å². The van der Waals surface area contributed by atoms with Crippen LogP contribution in [0.5, 0.6) is 0 Å². The van der Waals surface area contributed by atoms with Crippen molar-refractivity contribution >= 4 is 45.2 Å². The van der Waals surface area contributed by atoms with E-state index in [0.717, 1.165) is 33.3 Å². The Balaban J connectivity index is 1.16. The fourth-order valence-corrected chi connectivity index (χ4v) is 5.59. The van der Waals surface area contributed by atoms with Gasteiger partial charge in [-0.2, -0.15) is 0 Å². The van der Waals surface area contributed by atoms with Gasteiger partial charge in [0.25, 0.3) is 5.91 Å². The predicted molar refractivity (Wildman–Crippen MR) is 154 cm³/mol. The van der Waals surface area contributed by atoms with Gasteiger partial charge in [0, 0.05) is 39.3 Å². The molecule has 1 saturated heterocycles. The summed E-state index contributed by atoms with van der Waals surface area (Å²) in [4.78, 5) is 47.8. The lowest BCUT2D eigenvalue weighted by molar-refractivity contribution is 0.0270. The number of amides is 3. The standard InChI is InChI=1S/C30H34N4O5S/c1-30(2,3)39-29(37)33-13-11-22(12-14-33)23-9-10-25-24(19-23)31-26(40-25)27(35)32-15-17-34(18-16-32)28(36)38-20-21-7-5-4-6-8-21/h4-11,19H,12-18,20H2,1-3H3. The highest BCUT2D eigenvalue weighted by atomic mass is 32.1. The molecule has 2 aliphatic rings. The molecule has 3 amide bonds. The molecule has 0 atom stereocenters. The van der Waals surface area contributed by atoms with Crippen LogP contribution in [0.25, 0.3) is 15.8 Å². The van der Waals surface area contributed by atoms with E-state index in [0.29, 0.717) is 44.3 Å². The summed E-state index contributed by atoms with van der Waals surface area (Å²) >= 11 is 1.38. The second-order valence-electron chi connectivity index (χ2n) is 10.9. The summed E-state index contributed by atoms with van der Waals surface area (Å²) in [5.41, 5.74) is 3.39. The first-order valence-electron chi connectivity index (χ1n) is 13.5. The van der Waals surface area contributed by atoms with Crippen molar-refractivity contribution in [1.29, 1.82) is 0 Å². The van der Waals surface area contributed by atoms with Gasteiger partial charge in [-0.1, -0.05) is 42.5 Å². The van der Waals surface area contributed by atoms with E-state index in [4.69, 9.17) is 9.47 Å². The van der Waals surface area contributed by atoms with Crippen LogP contribution in [0.3, 0.4) is 0 Å². The second-order valence-corrected chi connectivity index (χ2v) is 12.0. The minimum Gasteiger partial charge on any atom is -0.445 e. The molecule has 2 aromatic carbocycles. The SMILES string of the molecule is CC(C)(C)OC(=O)N1CC=C(c2ccc3sc(C(=O)N4CCN(C(=O)OCc5ccccc5)CC4)nc3c2)CC1. The van der Waals surface area contributed by atoms with Crippen molar-refractivity contribution in [2.45, 2.75) is 39.4 Å². The highest BCUT2D eigenvalue weighted by Crippen LogP contribution is 2.29. The van der Waals surface area contributed by atoms with Crippen LogP contribution in [0.15, 0.2) is 54.6 Å². The summed E-state index contributed by atoms with van der Waals surface area (Å²) in [6, 6.07) is 15.6. The van der Waals surface area contributed by atoms with Gasteiger partial charge in [-0.05, 0) is 56.0 Å². The Morgan fingerprint density at radius 1 is 0.900 bits per heavy atom. The summed E-state index contributed by atoms with van der Waals surface area (Å²) in [5, 5.41) is 0.445. The third kappa shape index (κ3) is 6.62. The minimum atomic E-state index is -0.520. The molecule has 0 spiro atoms. The van der Waals surface area contributed by atoms with Crippen LogP contribution < -0.4 is 0 Å². The fraction of sp³-hybridized carbons (Fsp3) is 0.400. The molecule has 40 heavy (non-hydrogen) atoms. The molecule has 210 valence electrons. The van der Waals surface area contributed by atoms with Crippen LogP contribution in [-0.4, -0.2) is 82.6 Å². The number of rotatable bonds is 4. The van der Waals surface area contributed by atoms with Crippen molar-refractivity contribution in [3.63, 3.8) is 0 Å². The smallest absolute Gasteiger partial charge is 0.410 e. The molecule has 0 radical (unpaired) electrons. The Morgan fingerprint density at radius 3 is 2.30 bits per heavy atom. The maximum atomic E-state index is 13.2. The molecule has 0 saturated carbocycles. The largest absolute Gasteiger partial charge is 0.445 e. The molecule has 1 fully saturated rings. The van der Waals surface area contributed by atoms with Gasteiger partial charge in [0.1, 0.15) is 12.2 Å². The first-order valence-corrected chi connectivity index (χ1v) is 14.3. The molecule has 5 rings (SSSR count). The number of carbonyl (C=O) groups is 3. The first kappa shape index (κ1) is 27.6. The predicted octanol–water partition coefficient (Wildman–Crippen LogP) is 5.42. The molecule has 9 nitrogen and oxygen atoms in total. The monoisotopic (exact) mass is 562 g/mol. The number of aromatic nitrogens is 1. The molecule has 0 N–H and O–H groups in total. The lowest BCUT2D eigenvalue weighted by atomic mass is 9.99. The van der Waals surface area contributed by atoms with Crippen molar-refractivity contribution < 1.29 is 23.9 Å². The molecule has 0 aliphatic carbocycles. The second kappa shape index (κ2) is 11.7. The molecule has 2 aliphatic heterocycles. The third-order valence-corrected chi connectivity index (χ3v) is 7.86. The molecule has 0 unspecified atom stereocenters. The van der Waals surface area contributed by atoms with Crippen molar-refractivity contribution in [2.24, 2.45) is 0 Å². The average molecular weight is 563 g/mol. The Labute approximate surface area is 238 Å². The van der Waals surface area contributed by atoms with Crippen LogP contribution in [0.2, 0.25) is 0 Å². The van der Waals surface area contributed by atoms with Crippen molar-refractivity contribution in [1.82, 2.24) is 19.7 Å². The summed E-state index contributed by atoms with van der Waals surface area (Å²) in [6.07, 6.45) is 2.11. The fourth-order valence-electron chi connectivity index (χ4n) is 4.68. The molecule has 3 aromatic rings. The maximum Gasteiger partial charge on any atom is 0.410 e. The van der Waals surface area contributed by atoms with E-state index in [1.807, 2.05) is 69.3 Å². The van der Waals surface area contributed by atoms with Crippen LogP contribution in [0.4, 0.5) is 9.59 Å². The summed E-state index contributed by atoms with van der Waals surface area (Å²) in [5.74, 6) is -0.120. The zero-order chi connectivity index (χ0) is 28.3. The zero-order valence-electron chi connectivity index (χ0n) is 23.1. The normalized spacial score (nSPS) is 16.1. The average Bonchev–Trinajstić information content (AvgIpc) is 3.39. The van der Waals surface area contributed by atoms with E-state index in [1.165, 1.54) is 11.3 Å². The topological polar surface area (TPSA) is 92.3 Å². The number of carbonyl (C=O) groups excluding carboxylic acids is 3. The number of hydrogen-bond acceptors (Lipinski definition) is 7. The lowest BCUT2D eigenvalue weighted by Gasteiger charge is -2.33. The summed E-state index contributed by atoms with van der Waals surface area (Å²) in [6.45, 7) is 8.60. The zero-order valence-corrected chi connectivity index (χ0v) is 23.9. The van der Waals surface area contributed by atoms with E-state index in [2.05, 4.69) is 11.1 Å². The Morgan fingerprint density at radius 2 is 1.62 bits per heavy atom. The van der Waals surface area contributed by atoms with Crippen LogP contribution in [-0.2, 0) is 16.1 Å². The molecule has 3 heterocycles. The van der Waals surface area contributed by atoms with E-state index < -0.39 is 5.60 Å². The van der Waals surface area contributed by atoms with Crippen LogP contribution in [0, 0.1) is 0 Å². The quantitative estimate of drug-likeness (QED) is 0.422. The number of hydrogen-bond donors (Lipinski definition) is 0. The number of nitrogens with zero attached hydrogens (tertiary/aromatic N) is 4. The molecular formula is C30H34N4O5S. The number of thiazole rings is 1. The summed E-state index contributed by atoms with van der Waals surface area (Å²) < 4.78 is 11.9. The highest BCUT2D eigenvalue weighted by Gasteiger charge is 2.28. The van der Waals surface area contributed by atoms with Gasteiger partial charge in [-0.15, -0.1) is 11.3 Å². The third-order valence-electron chi connectivity index (χ3n) is 6.83. The molecule has 10 heteroatoms. The first-order chi connectivity index (χ1) is 19.2. The Bertz CT molecular complexity index is 1420. The van der Waals surface area contributed by atoms with Gasteiger partial charge in [0.05, 0.1) is 10.2 Å². The van der Waals surface area contributed by atoms with Crippen LogP contribution in [0.1, 0.15) is 48.1 Å². The van der Waals surface area contributed by atoms with Crippen LogP contribution >= 0.6 is 11.3 Å². The van der Waals surface area contributed by atoms with Crippen molar-refractivity contribution in [3.05, 3.63) is 70.7 Å². The number of ether oxygens (including phenoxy) is 2. The van der Waals surface area contributed by atoms with E-state index in [-0.39, 0.29) is 24.7 Å². The van der Waals surface area contributed by atoms with E-state index >= 15 is 0 Å². The van der Waals surface area contributed by atoms with Gasteiger partial charge >= 0.3 is 12.2 Å². The number of fused-ring (bicyclic) bond motifs is 1. The van der Waals surface area contributed by atoms with E-state index in [9.17, 15) is 14.4 Å². The Hall–Kier alpha value is -3.92. The van der Waals surface area contributed by atoms with Gasteiger partial charge in [-0.3, -0.25) is 4.79 Å². The molecule has 0 bridgehead atoms. The molecular weight excluding hydrogens is 528 g/mol. The van der Waals surface area contributed by atoms with Gasteiger partial charge in [-0.25, -0.2) is 14.6 Å². The minimum absolute atomic E-state index is 0.120. The maximum absolute atomic E-state index is 13.2. The Kier molecular flexibility index (Phi) is 8.07. The number of piperazine rings is 1. The van der Waals surface area contributed by atoms with E-state index in [1.54, 1.807) is 14.7 Å². The molecule has 1 aromatic heterocycles. The summed E-state index contributed by atoms with van der Waals surface area (Å²) in [7, 11) is 0.